The Morgan fingerprint density at radius 2 is 2.00 bits per heavy atom. The summed E-state index contributed by atoms with van der Waals surface area (Å²) in [6, 6.07) is 7.66. The first-order valence-electron chi connectivity index (χ1n) is 8.61. The van der Waals surface area contributed by atoms with Crippen LogP contribution in [0.4, 0.5) is 0 Å². The molecular formula is C19H24BrN3O. The molecule has 4 nitrogen and oxygen atoms in total. The number of amides is 1. The number of hydrogen-bond acceptors (Lipinski definition) is 2. The highest BCUT2D eigenvalue weighted by Crippen LogP contribution is 2.24. The predicted molar refractivity (Wildman–Crippen MR) is 99.1 cm³/mol. The molecule has 0 unspecified atom stereocenters. The van der Waals surface area contributed by atoms with Gasteiger partial charge in [-0.05, 0) is 46.8 Å². The van der Waals surface area contributed by atoms with E-state index in [1.165, 1.54) is 0 Å². The molecule has 1 aromatic carbocycles. The Morgan fingerprint density at radius 3 is 2.67 bits per heavy atom. The average Bonchev–Trinajstić information content (AvgIpc) is 3.04. The molecule has 0 spiro atoms. The van der Waals surface area contributed by atoms with E-state index in [1.807, 2.05) is 35.4 Å². The topological polar surface area (TPSA) is 38.1 Å². The van der Waals surface area contributed by atoms with E-state index < -0.39 is 0 Å². The van der Waals surface area contributed by atoms with Crippen LogP contribution in [0.15, 0.2) is 41.1 Å². The van der Waals surface area contributed by atoms with Crippen LogP contribution < -0.4 is 0 Å². The molecular weight excluding hydrogens is 366 g/mol. The Balaban J connectivity index is 1.59. The molecule has 0 radical (unpaired) electrons. The maximum absolute atomic E-state index is 12.7. The fraction of sp³-hybridized carbons (Fsp3) is 0.474. The van der Waals surface area contributed by atoms with Gasteiger partial charge in [-0.3, -0.25) is 4.79 Å². The fourth-order valence-electron chi connectivity index (χ4n) is 3.38. The average molecular weight is 390 g/mol. The van der Waals surface area contributed by atoms with E-state index in [2.05, 4.69) is 45.5 Å². The summed E-state index contributed by atoms with van der Waals surface area (Å²) in [5, 5.41) is 0. The van der Waals surface area contributed by atoms with Crippen molar-refractivity contribution in [2.24, 2.45) is 5.92 Å². The third kappa shape index (κ3) is 3.72. The summed E-state index contributed by atoms with van der Waals surface area (Å²) >= 11 is 3.48. The summed E-state index contributed by atoms with van der Waals surface area (Å²) in [4.78, 5) is 19.1. The number of halogens is 1. The van der Waals surface area contributed by atoms with Crippen LogP contribution >= 0.6 is 15.9 Å². The van der Waals surface area contributed by atoms with E-state index in [9.17, 15) is 4.79 Å². The van der Waals surface area contributed by atoms with Gasteiger partial charge in [-0.1, -0.05) is 26.0 Å². The van der Waals surface area contributed by atoms with Crippen LogP contribution in [-0.4, -0.2) is 33.4 Å². The number of aromatic nitrogens is 2. The van der Waals surface area contributed by atoms with Gasteiger partial charge in [-0.15, -0.1) is 0 Å². The summed E-state index contributed by atoms with van der Waals surface area (Å²) in [6.45, 7) is 7.02. The molecule has 3 rings (SSSR count). The number of imidazole rings is 1. The summed E-state index contributed by atoms with van der Waals surface area (Å²) in [6.07, 6.45) is 6.06. The first-order chi connectivity index (χ1) is 11.6. The number of likely N-dealkylation sites (tertiary alicyclic amines) is 1. The van der Waals surface area contributed by atoms with Gasteiger partial charge in [-0.2, -0.15) is 0 Å². The van der Waals surface area contributed by atoms with Gasteiger partial charge in [0.25, 0.3) is 5.91 Å². The van der Waals surface area contributed by atoms with Gasteiger partial charge in [0.1, 0.15) is 5.82 Å². The second-order valence-corrected chi connectivity index (χ2v) is 7.66. The predicted octanol–water partition coefficient (Wildman–Crippen LogP) is 4.32. The third-order valence-electron chi connectivity index (χ3n) is 4.72. The summed E-state index contributed by atoms with van der Waals surface area (Å²) in [5.74, 6) is 2.34. The largest absolute Gasteiger partial charge is 0.339 e. The van der Waals surface area contributed by atoms with Gasteiger partial charge < -0.3 is 9.47 Å². The quantitative estimate of drug-likeness (QED) is 0.780. The van der Waals surface area contributed by atoms with Crippen molar-refractivity contribution in [3.05, 3.63) is 52.5 Å². The highest BCUT2D eigenvalue weighted by atomic mass is 79.9. The Labute approximate surface area is 152 Å². The molecule has 2 aromatic rings. The molecule has 0 aliphatic carbocycles. The van der Waals surface area contributed by atoms with Gasteiger partial charge >= 0.3 is 0 Å². The Kier molecular flexibility index (Phi) is 5.39. The molecule has 24 heavy (non-hydrogen) atoms. The van der Waals surface area contributed by atoms with Crippen LogP contribution in [-0.2, 0) is 6.54 Å². The molecule has 0 saturated carbocycles. The van der Waals surface area contributed by atoms with E-state index in [4.69, 9.17) is 0 Å². The lowest BCUT2D eigenvalue weighted by atomic mass is 9.96. The maximum Gasteiger partial charge on any atom is 0.254 e. The van der Waals surface area contributed by atoms with Crippen LogP contribution in [0.1, 0.15) is 48.8 Å². The minimum absolute atomic E-state index is 0.131. The highest BCUT2D eigenvalue weighted by molar-refractivity contribution is 9.10. The van der Waals surface area contributed by atoms with Crippen LogP contribution in [0.3, 0.4) is 0 Å². The van der Waals surface area contributed by atoms with Crippen LogP contribution in [0, 0.1) is 5.92 Å². The first-order valence-corrected chi connectivity index (χ1v) is 9.40. The molecule has 1 aliphatic heterocycles. The number of carbonyl (C=O) groups excluding carboxylic acids is 1. The Morgan fingerprint density at radius 1 is 1.29 bits per heavy atom. The van der Waals surface area contributed by atoms with E-state index in [-0.39, 0.29) is 5.91 Å². The highest BCUT2D eigenvalue weighted by Gasteiger charge is 2.25. The van der Waals surface area contributed by atoms with Gasteiger partial charge in [0.05, 0.1) is 5.56 Å². The molecule has 0 atom stereocenters. The van der Waals surface area contributed by atoms with E-state index in [0.717, 1.165) is 48.3 Å². The van der Waals surface area contributed by atoms with Crippen molar-refractivity contribution in [3.63, 3.8) is 0 Å². The monoisotopic (exact) mass is 389 g/mol. The zero-order chi connectivity index (χ0) is 17.1. The lowest BCUT2D eigenvalue weighted by molar-refractivity contribution is 0.0681. The van der Waals surface area contributed by atoms with Crippen molar-refractivity contribution in [2.75, 3.05) is 13.1 Å². The van der Waals surface area contributed by atoms with Crippen molar-refractivity contribution in [3.8, 4) is 0 Å². The first kappa shape index (κ1) is 17.2. The molecule has 1 aliphatic rings. The second-order valence-electron chi connectivity index (χ2n) is 6.81. The van der Waals surface area contributed by atoms with E-state index in [1.54, 1.807) is 0 Å². The van der Waals surface area contributed by atoms with Crippen LogP contribution in [0.2, 0.25) is 0 Å². The molecule has 2 heterocycles. The van der Waals surface area contributed by atoms with Gasteiger partial charge in [-0.25, -0.2) is 4.98 Å². The standard InChI is InChI=1S/C19H24BrN3O/c1-14(2)18-21-9-12-23(18)13-15-7-10-22(11-8-15)19(24)16-5-3-4-6-17(16)20/h3-6,9,12,14-15H,7-8,10-11,13H2,1-2H3. The van der Waals surface area contributed by atoms with E-state index >= 15 is 0 Å². The number of hydrogen-bond donors (Lipinski definition) is 0. The molecule has 1 amide bonds. The zero-order valence-electron chi connectivity index (χ0n) is 14.3. The smallest absolute Gasteiger partial charge is 0.254 e. The molecule has 1 fully saturated rings. The van der Waals surface area contributed by atoms with Crippen LogP contribution in [0.5, 0.6) is 0 Å². The second kappa shape index (κ2) is 7.51. The zero-order valence-corrected chi connectivity index (χ0v) is 15.9. The van der Waals surface area contributed by atoms with E-state index in [0.29, 0.717) is 11.8 Å². The Hall–Kier alpha value is -1.62. The molecule has 0 N–H and O–H groups in total. The maximum atomic E-state index is 12.7. The molecule has 1 saturated heterocycles. The number of piperidine rings is 1. The SMILES string of the molecule is CC(C)c1nccn1CC1CCN(C(=O)c2ccccc2Br)CC1. The number of benzene rings is 1. The van der Waals surface area contributed by atoms with Crippen LogP contribution in [0.25, 0.3) is 0 Å². The van der Waals surface area contributed by atoms with Crippen molar-refractivity contribution in [1.29, 1.82) is 0 Å². The number of carbonyl (C=O) groups is 1. The molecule has 1 aromatic heterocycles. The Bertz CT molecular complexity index is 702. The molecule has 128 valence electrons. The third-order valence-corrected chi connectivity index (χ3v) is 5.42. The minimum Gasteiger partial charge on any atom is -0.339 e. The number of rotatable bonds is 4. The van der Waals surface area contributed by atoms with Crippen molar-refractivity contribution in [2.45, 2.75) is 39.2 Å². The van der Waals surface area contributed by atoms with Crippen molar-refractivity contribution < 1.29 is 4.79 Å². The minimum atomic E-state index is 0.131. The van der Waals surface area contributed by atoms with Gasteiger partial charge in [0, 0.05) is 42.4 Å². The summed E-state index contributed by atoms with van der Waals surface area (Å²) < 4.78 is 3.15. The lowest BCUT2D eigenvalue weighted by Crippen LogP contribution is -2.39. The van der Waals surface area contributed by atoms with Gasteiger partial charge in [0.2, 0.25) is 0 Å². The van der Waals surface area contributed by atoms with Crippen molar-refractivity contribution in [1.82, 2.24) is 14.5 Å². The molecule has 0 bridgehead atoms. The number of nitrogens with zero attached hydrogens (tertiary/aromatic N) is 3. The van der Waals surface area contributed by atoms with Crippen molar-refractivity contribution >= 4 is 21.8 Å². The normalized spacial score (nSPS) is 15.9. The molecule has 5 heteroatoms. The fourth-order valence-corrected chi connectivity index (χ4v) is 3.83. The summed E-state index contributed by atoms with van der Waals surface area (Å²) in [7, 11) is 0. The summed E-state index contributed by atoms with van der Waals surface area (Å²) in [5.41, 5.74) is 0.757. The lowest BCUT2D eigenvalue weighted by Gasteiger charge is -2.32. The van der Waals surface area contributed by atoms with Gasteiger partial charge in [0.15, 0.2) is 0 Å².